The van der Waals surface area contributed by atoms with Crippen LogP contribution >= 0.6 is 0 Å². The number of rotatable bonds is 2. The van der Waals surface area contributed by atoms with E-state index in [-0.39, 0.29) is 11.9 Å². The van der Waals surface area contributed by atoms with Crippen molar-refractivity contribution in [3.05, 3.63) is 24.3 Å². The smallest absolute Gasteiger partial charge is 0.119 e. The molecule has 0 amide bonds. The van der Waals surface area contributed by atoms with Gasteiger partial charge in [0.05, 0.1) is 6.10 Å². The lowest BCUT2D eigenvalue weighted by atomic mass is 10.1. The van der Waals surface area contributed by atoms with E-state index >= 15 is 0 Å². The van der Waals surface area contributed by atoms with Gasteiger partial charge in [-0.2, -0.15) is 0 Å². The molecule has 2 rings (SSSR count). The predicted octanol–water partition coefficient (Wildman–Crippen LogP) is 3.12. The van der Waals surface area contributed by atoms with Gasteiger partial charge >= 0.3 is 0 Å². The highest BCUT2D eigenvalue weighted by Crippen LogP contribution is 2.21. The normalized spacial score (nSPS) is 22.2. The van der Waals surface area contributed by atoms with Crippen molar-refractivity contribution >= 4 is 0 Å². The Balaban J connectivity index is 1.88. The van der Waals surface area contributed by atoms with Crippen LogP contribution in [0, 0.1) is 0 Å². The van der Waals surface area contributed by atoms with Crippen molar-refractivity contribution in [2.45, 2.75) is 38.2 Å². The van der Waals surface area contributed by atoms with Crippen LogP contribution in [0.4, 0.5) is 0 Å². The lowest BCUT2D eigenvalue weighted by Gasteiger charge is -2.18. The molecule has 1 fully saturated rings. The van der Waals surface area contributed by atoms with Gasteiger partial charge in [-0.25, -0.2) is 0 Å². The Kier molecular flexibility index (Phi) is 4.68. The van der Waals surface area contributed by atoms with Crippen LogP contribution in [0.3, 0.4) is 0 Å². The largest absolute Gasteiger partial charge is 0.508 e. The molecule has 1 heterocycles. The molecule has 0 aromatic heterocycles. The molecule has 0 spiro atoms. The highest BCUT2D eigenvalue weighted by atomic mass is 16.5. The Hall–Kier alpha value is -1.22. The van der Waals surface area contributed by atoms with Gasteiger partial charge in [-0.1, -0.05) is 0 Å². The maximum absolute atomic E-state index is 9.21. The number of phenols is 1. The molecule has 1 atom stereocenters. The van der Waals surface area contributed by atoms with Crippen molar-refractivity contribution in [2.75, 3.05) is 13.2 Å². The second-order valence-corrected chi connectivity index (χ2v) is 4.48. The fourth-order valence-electron chi connectivity index (χ4n) is 2.07. The lowest BCUT2D eigenvalue weighted by Crippen LogP contribution is -2.16. The third-order valence-electron chi connectivity index (χ3n) is 3.02. The molecular formula is C14H20O3. The second kappa shape index (κ2) is 6.50. The fraction of sp³-hybridized carbons (Fsp3) is 0.571. The zero-order chi connectivity index (χ0) is 11.9. The molecule has 1 aliphatic rings. The van der Waals surface area contributed by atoms with Crippen LogP contribution in [-0.2, 0) is 4.74 Å². The minimum absolute atomic E-state index is 0.278. The summed E-state index contributed by atoms with van der Waals surface area (Å²) < 4.78 is 11.4. The Morgan fingerprint density at radius 1 is 1.00 bits per heavy atom. The van der Waals surface area contributed by atoms with E-state index in [1.807, 2.05) is 12.1 Å². The average molecular weight is 236 g/mol. The standard InChI is InChI=1S/C14H20O3/c15-12-6-8-14(9-7-12)17-13-4-1-2-10-16-11-3-5-13/h6-9,13,15H,1-5,10-11H2. The average Bonchev–Trinajstić information content (AvgIpc) is 2.46. The Morgan fingerprint density at radius 3 is 2.53 bits per heavy atom. The van der Waals surface area contributed by atoms with Crippen LogP contribution in [0.5, 0.6) is 11.5 Å². The van der Waals surface area contributed by atoms with E-state index in [9.17, 15) is 5.11 Å². The molecule has 1 saturated heterocycles. The molecule has 1 N–H and O–H groups in total. The quantitative estimate of drug-likeness (QED) is 0.857. The van der Waals surface area contributed by atoms with Gasteiger partial charge in [0.1, 0.15) is 11.5 Å². The molecule has 3 nitrogen and oxygen atoms in total. The summed E-state index contributed by atoms with van der Waals surface area (Å²) in [7, 11) is 0. The maximum atomic E-state index is 9.21. The first-order valence-electron chi connectivity index (χ1n) is 6.38. The molecule has 1 aliphatic heterocycles. The zero-order valence-electron chi connectivity index (χ0n) is 10.1. The minimum atomic E-state index is 0.278. The molecule has 0 aliphatic carbocycles. The van der Waals surface area contributed by atoms with Gasteiger partial charge in [-0.3, -0.25) is 0 Å². The van der Waals surface area contributed by atoms with Crippen LogP contribution in [0.1, 0.15) is 32.1 Å². The van der Waals surface area contributed by atoms with Crippen LogP contribution in [-0.4, -0.2) is 24.4 Å². The fourth-order valence-corrected chi connectivity index (χ4v) is 2.07. The van der Waals surface area contributed by atoms with E-state index < -0.39 is 0 Å². The summed E-state index contributed by atoms with van der Waals surface area (Å²) in [6.07, 6.45) is 5.74. The Labute approximate surface area is 102 Å². The Morgan fingerprint density at radius 2 is 1.71 bits per heavy atom. The van der Waals surface area contributed by atoms with E-state index in [0.717, 1.165) is 51.1 Å². The monoisotopic (exact) mass is 236 g/mol. The molecule has 1 aromatic rings. The van der Waals surface area contributed by atoms with Gasteiger partial charge < -0.3 is 14.6 Å². The molecule has 1 unspecified atom stereocenters. The summed E-state index contributed by atoms with van der Waals surface area (Å²) in [5.74, 6) is 1.12. The Bertz CT molecular complexity index is 311. The molecule has 3 heteroatoms. The summed E-state index contributed by atoms with van der Waals surface area (Å²) in [5.41, 5.74) is 0. The van der Waals surface area contributed by atoms with Gasteiger partial charge in [-0.15, -0.1) is 0 Å². The van der Waals surface area contributed by atoms with Crippen molar-refractivity contribution in [1.29, 1.82) is 0 Å². The number of benzene rings is 1. The topological polar surface area (TPSA) is 38.7 Å². The second-order valence-electron chi connectivity index (χ2n) is 4.48. The molecular weight excluding hydrogens is 216 g/mol. The lowest BCUT2D eigenvalue weighted by molar-refractivity contribution is 0.125. The number of aromatic hydroxyl groups is 1. The van der Waals surface area contributed by atoms with Crippen molar-refractivity contribution in [1.82, 2.24) is 0 Å². The summed E-state index contributed by atoms with van der Waals surface area (Å²) >= 11 is 0. The van der Waals surface area contributed by atoms with Gasteiger partial charge in [0.25, 0.3) is 0 Å². The molecule has 0 radical (unpaired) electrons. The van der Waals surface area contributed by atoms with Crippen LogP contribution in [0.2, 0.25) is 0 Å². The SMILES string of the molecule is Oc1ccc(OC2CCCCOCCC2)cc1. The van der Waals surface area contributed by atoms with Crippen molar-refractivity contribution in [3.63, 3.8) is 0 Å². The van der Waals surface area contributed by atoms with Crippen LogP contribution in [0.15, 0.2) is 24.3 Å². The number of phenolic OH excluding ortho intramolecular Hbond substituents is 1. The highest BCUT2D eigenvalue weighted by Gasteiger charge is 2.12. The van der Waals surface area contributed by atoms with Crippen molar-refractivity contribution in [3.8, 4) is 11.5 Å². The van der Waals surface area contributed by atoms with Crippen LogP contribution in [0.25, 0.3) is 0 Å². The molecule has 94 valence electrons. The van der Waals surface area contributed by atoms with Crippen LogP contribution < -0.4 is 4.74 Å². The molecule has 17 heavy (non-hydrogen) atoms. The number of hydrogen-bond acceptors (Lipinski definition) is 3. The molecule has 0 saturated carbocycles. The van der Waals surface area contributed by atoms with Gasteiger partial charge in [0, 0.05) is 13.2 Å². The van der Waals surface area contributed by atoms with E-state index in [2.05, 4.69) is 0 Å². The minimum Gasteiger partial charge on any atom is -0.508 e. The van der Waals surface area contributed by atoms with E-state index in [0.29, 0.717) is 0 Å². The summed E-state index contributed by atoms with van der Waals surface area (Å²) in [4.78, 5) is 0. The third kappa shape index (κ3) is 4.27. The predicted molar refractivity (Wildman–Crippen MR) is 66.4 cm³/mol. The van der Waals surface area contributed by atoms with E-state index in [1.54, 1.807) is 12.1 Å². The van der Waals surface area contributed by atoms with Crippen molar-refractivity contribution < 1.29 is 14.6 Å². The van der Waals surface area contributed by atoms with E-state index in [4.69, 9.17) is 9.47 Å². The maximum Gasteiger partial charge on any atom is 0.119 e. The molecule has 1 aromatic carbocycles. The van der Waals surface area contributed by atoms with Crippen molar-refractivity contribution in [2.24, 2.45) is 0 Å². The summed E-state index contributed by atoms with van der Waals surface area (Å²) in [6, 6.07) is 6.96. The first kappa shape index (κ1) is 12.2. The first-order valence-corrected chi connectivity index (χ1v) is 6.38. The first-order chi connectivity index (χ1) is 8.34. The number of hydrogen-bond donors (Lipinski definition) is 1. The van der Waals surface area contributed by atoms with Gasteiger partial charge in [0.2, 0.25) is 0 Å². The zero-order valence-corrected chi connectivity index (χ0v) is 10.1. The van der Waals surface area contributed by atoms with Gasteiger partial charge in [-0.05, 0) is 56.4 Å². The van der Waals surface area contributed by atoms with Gasteiger partial charge in [0.15, 0.2) is 0 Å². The highest BCUT2D eigenvalue weighted by molar-refractivity contribution is 5.30. The summed E-state index contributed by atoms with van der Waals surface area (Å²) in [5, 5.41) is 9.21. The summed E-state index contributed by atoms with van der Waals surface area (Å²) in [6.45, 7) is 1.72. The third-order valence-corrected chi connectivity index (χ3v) is 3.02. The molecule has 0 bridgehead atoms. The van der Waals surface area contributed by atoms with E-state index in [1.165, 1.54) is 0 Å². The number of ether oxygens (including phenoxy) is 2.